The first-order valence-corrected chi connectivity index (χ1v) is 14.2. The summed E-state index contributed by atoms with van der Waals surface area (Å²) in [6.07, 6.45) is -26.7. The number of aromatic nitrogens is 2. The molecular formula is C28H33F11N2O6. The highest BCUT2D eigenvalue weighted by atomic mass is 19.4. The van der Waals surface area contributed by atoms with Gasteiger partial charge in [0.25, 0.3) is 0 Å². The monoisotopic (exact) mass is 702 g/mol. The van der Waals surface area contributed by atoms with Crippen molar-refractivity contribution >= 4 is 0 Å². The summed E-state index contributed by atoms with van der Waals surface area (Å²) in [4.78, 5) is 8.40. The largest absolute Gasteiger partial charge is 0.490 e. The molecule has 0 fully saturated rings. The highest BCUT2D eigenvalue weighted by Gasteiger charge is 2.72. The fraction of sp³-hybridized carbons (Fsp3) is 0.643. The molecule has 0 N–H and O–H groups in total. The number of ether oxygens (including phenoxy) is 6. The van der Waals surface area contributed by atoms with Crippen LogP contribution in [0.4, 0.5) is 48.3 Å². The minimum atomic E-state index is -6.85. The zero-order valence-corrected chi connectivity index (χ0v) is 25.1. The standard InChI is InChI=1S/C28H33F11N2O6/c1-3-5-15-44-22(9-4-2)45-21-17-19(23-40-12-8-13-41-23)10-11-20(21)43-16-7-6-14-42-18-24(29,30)46-27(36,37)28(38,39)47-26(34,35)25(31,32)33/h8,10-13,17,22H,3-7,9,14-16,18H2,1-2H3. The van der Waals surface area contributed by atoms with E-state index in [1.165, 1.54) is 0 Å². The number of nitrogens with zero attached hydrogens (tertiary/aromatic N) is 2. The minimum Gasteiger partial charge on any atom is -0.490 e. The molecule has 19 heteroatoms. The van der Waals surface area contributed by atoms with E-state index in [0.717, 1.165) is 19.3 Å². The van der Waals surface area contributed by atoms with Crippen LogP contribution in [-0.4, -0.2) is 73.3 Å². The van der Waals surface area contributed by atoms with Gasteiger partial charge >= 0.3 is 30.6 Å². The van der Waals surface area contributed by atoms with Crippen molar-refractivity contribution in [2.45, 2.75) is 89.3 Å². The minimum absolute atomic E-state index is 0.0298. The maximum absolute atomic E-state index is 13.7. The van der Waals surface area contributed by atoms with Crippen LogP contribution in [0.1, 0.15) is 52.4 Å². The summed E-state index contributed by atoms with van der Waals surface area (Å²) in [6.45, 7) is 1.75. The van der Waals surface area contributed by atoms with E-state index < -0.39 is 50.1 Å². The normalized spacial score (nSPS) is 13.9. The highest BCUT2D eigenvalue weighted by Crippen LogP contribution is 2.47. The molecule has 1 aromatic carbocycles. The molecule has 0 amide bonds. The molecule has 0 spiro atoms. The number of rotatable bonds is 22. The van der Waals surface area contributed by atoms with E-state index in [4.69, 9.17) is 14.2 Å². The van der Waals surface area contributed by atoms with Crippen molar-refractivity contribution in [3.63, 3.8) is 0 Å². The third-order valence-corrected chi connectivity index (χ3v) is 5.77. The number of benzene rings is 1. The quantitative estimate of drug-likeness (QED) is 0.0686. The van der Waals surface area contributed by atoms with Gasteiger partial charge in [-0.2, -0.15) is 48.3 Å². The summed E-state index contributed by atoms with van der Waals surface area (Å²) >= 11 is 0. The third kappa shape index (κ3) is 12.8. The lowest BCUT2D eigenvalue weighted by Crippen LogP contribution is -2.55. The fourth-order valence-corrected chi connectivity index (χ4v) is 3.45. The van der Waals surface area contributed by atoms with E-state index in [1.807, 2.05) is 18.6 Å². The Kier molecular flexibility index (Phi) is 14.9. The van der Waals surface area contributed by atoms with Crippen LogP contribution in [0.25, 0.3) is 11.4 Å². The molecule has 2 aromatic rings. The predicted molar refractivity (Wildman–Crippen MR) is 141 cm³/mol. The second-order valence-corrected chi connectivity index (χ2v) is 9.79. The van der Waals surface area contributed by atoms with E-state index in [-0.39, 0.29) is 25.2 Å². The van der Waals surface area contributed by atoms with Crippen molar-refractivity contribution in [2.75, 3.05) is 26.4 Å². The summed E-state index contributed by atoms with van der Waals surface area (Å²) in [6, 6.07) is 6.55. The van der Waals surface area contributed by atoms with Gasteiger partial charge in [0.05, 0.1) is 13.2 Å². The molecular weight excluding hydrogens is 669 g/mol. The number of hydrogen-bond donors (Lipinski definition) is 0. The van der Waals surface area contributed by atoms with E-state index >= 15 is 0 Å². The van der Waals surface area contributed by atoms with Crippen LogP contribution in [0.15, 0.2) is 36.7 Å². The van der Waals surface area contributed by atoms with Gasteiger partial charge in [0.15, 0.2) is 23.6 Å². The zero-order valence-electron chi connectivity index (χ0n) is 25.1. The van der Waals surface area contributed by atoms with Gasteiger partial charge in [-0.15, -0.1) is 0 Å². The molecule has 0 saturated heterocycles. The molecule has 8 nitrogen and oxygen atoms in total. The van der Waals surface area contributed by atoms with Crippen LogP contribution in [0.5, 0.6) is 11.5 Å². The molecule has 2 rings (SSSR count). The van der Waals surface area contributed by atoms with Gasteiger partial charge in [0.2, 0.25) is 0 Å². The Hall–Kier alpha value is -3.03. The van der Waals surface area contributed by atoms with Crippen molar-refractivity contribution in [3.8, 4) is 22.9 Å². The lowest BCUT2D eigenvalue weighted by atomic mass is 10.2. The van der Waals surface area contributed by atoms with Gasteiger partial charge in [-0.1, -0.05) is 26.7 Å². The van der Waals surface area contributed by atoms with Gasteiger partial charge in [-0.25, -0.2) is 19.4 Å². The maximum atomic E-state index is 13.7. The Labute approximate surface area is 262 Å². The fourth-order valence-electron chi connectivity index (χ4n) is 3.45. The van der Waals surface area contributed by atoms with Gasteiger partial charge < -0.3 is 18.9 Å². The van der Waals surface area contributed by atoms with Gasteiger partial charge in [0.1, 0.15) is 6.61 Å². The van der Waals surface area contributed by atoms with Crippen molar-refractivity contribution in [3.05, 3.63) is 36.7 Å². The van der Waals surface area contributed by atoms with Crippen LogP contribution in [-0.2, 0) is 18.9 Å². The number of alkyl halides is 11. The molecule has 47 heavy (non-hydrogen) atoms. The average Bonchev–Trinajstić information content (AvgIpc) is 2.96. The van der Waals surface area contributed by atoms with Crippen molar-refractivity contribution < 1.29 is 76.7 Å². The van der Waals surface area contributed by atoms with Crippen molar-refractivity contribution in [1.82, 2.24) is 9.97 Å². The van der Waals surface area contributed by atoms with Crippen LogP contribution in [0.2, 0.25) is 0 Å². The first-order valence-electron chi connectivity index (χ1n) is 14.2. The zero-order chi connectivity index (χ0) is 35.4. The summed E-state index contributed by atoms with van der Waals surface area (Å²) < 4.78 is 169. The van der Waals surface area contributed by atoms with Crippen LogP contribution < -0.4 is 9.47 Å². The Morgan fingerprint density at radius 2 is 1.34 bits per heavy atom. The summed E-state index contributed by atoms with van der Waals surface area (Å²) in [5, 5.41) is 0. The Balaban J connectivity index is 1.93. The number of hydrogen-bond acceptors (Lipinski definition) is 8. The molecule has 0 aliphatic rings. The number of unbranched alkanes of at least 4 members (excludes halogenated alkanes) is 2. The molecule has 0 bridgehead atoms. The summed E-state index contributed by atoms with van der Waals surface area (Å²) in [5.41, 5.74) is 0.609. The third-order valence-electron chi connectivity index (χ3n) is 5.77. The van der Waals surface area contributed by atoms with Crippen molar-refractivity contribution in [2.24, 2.45) is 0 Å². The van der Waals surface area contributed by atoms with Gasteiger partial charge in [0, 0.05) is 31.0 Å². The number of halogens is 11. The Morgan fingerprint density at radius 3 is 1.96 bits per heavy atom. The smallest absolute Gasteiger partial charge is 0.483 e. The Morgan fingerprint density at radius 1 is 0.702 bits per heavy atom. The van der Waals surface area contributed by atoms with Gasteiger partial charge in [-0.05, 0) is 43.5 Å². The Bertz CT molecular complexity index is 1210. The molecule has 1 heterocycles. The molecule has 0 aliphatic carbocycles. The second kappa shape index (κ2) is 17.4. The molecule has 1 unspecified atom stereocenters. The first-order chi connectivity index (χ1) is 21.8. The predicted octanol–water partition coefficient (Wildman–Crippen LogP) is 8.61. The summed E-state index contributed by atoms with van der Waals surface area (Å²) in [5.74, 6) is 0.994. The maximum Gasteiger partial charge on any atom is 0.483 e. The SMILES string of the molecule is CCCCOC(CCC)Oc1cc(-c2ncccn2)ccc1OCCCCOCC(F)(F)OC(F)(F)C(F)(F)OC(F)(F)C(F)(F)F. The lowest BCUT2D eigenvalue weighted by molar-refractivity contribution is -0.537. The van der Waals surface area contributed by atoms with E-state index in [1.54, 1.807) is 36.7 Å². The molecule has 0 radical (unpaired) electrons. The first kappa shape index (κ1) is 40.1. The molecule has 1 aromatic heterocycles. The average molecular weight is 703 g/mol. The van der Waals surface area contributed by atoms with E-state index in [0.29, 0.717) is 30.2 Å². The van der Waals surface area contributed by atoms with Crippen LogP contribution in [0.3, 0.4) is 0 Å². The topological polar surface area (TPSA) is 81.2 Å². The molecule has 268 valence electrons. The van der Waals surface area contributed by atoms with E-state index in [2.05, 4.69) is 19.4 Å². The second-order valence-electron chi connectivity index (χ2n) is 9.79. The van der Waals surface area contributed by atoms with Crippen molar-refractivity contribution in [1.29, 1.82) is 0 Å². The molecule has 1 atom stereocenters. The van der Waals surface area contributed by atoms with Crippen LogP contribution in [0, 0.1) is 0 Å². The van der Waals surface area contributed by atoms with E-state index in [9.17, 15) is 48.3 Å². The molecule has 0 saturated carbocycles. The molecule has 0 aliphatic heterocycles. The highest BCUT2D eigenvalue weighted by molar-refractivity contribution is 5.60. The van der Waals surface area contributed by atoms with Gasteiger partial charge in [-0.3, -0.25) is 0 Å². The lowest BCUT2D eigenvalue weighted by Gasteiger charge is -2.31. The summed E-state index contributed by atoms with van der Waals surface area (Å²) in [7, 11) is 0. The van der Waals surface area contributed by atoms with Crippen LogP contribution >= 0.6 is 0 Å².